The van der Waals surface area contributed by atoms with Gasteiger partial charge in [0.15, 0.2) is 11.5 Å². The van der Waals surface area contributed by atoms with E-state index >= 15 is 0 Å². The summed E-state index contributed by atoms with van der Waals surface area (Å²) in [6.07, 6.45) is -0.163. The molecule has 0 radical (unpaired) electrons. The average Bonchev–Trinajstić information content (AvgIpc) is 3.14. The molecule has 0 spiro atoms. The Morgan fingerprint density at radius 2 is 1.14 bits per heavy atom. The van der Waals surface area contributed by atoms with Crippen molar-refractivity contribution < 1.29 is 67.5 Å². The predicted octanol–water partition coefficient (Wildman–Crippen LogP) is 4.22. The Hall–Kier alpha value is -4.75. The van der Waals surface area contributed by atoms with Crippen LogP contribution >= 0.6 is 0 Å². The second kappa shape index (κ2) is 22.6. The van der Waals surface area contributed by atoms with Crippen LogP contribution in [0.1, 0.15) is 60.2 Å². The van der Waals surface area contributed by atoms with Gasteiger partial charge in [0, 0.05) is 23.7 Å². The third-order valence-electron chi connectivity index (χ3n) is 7.80. The summed E-state index contributed by atoms with van der Waals surface area (Å²) >= 11 is 0. The number of ether oxygens (including phenoxy) is 3. The number of carbonyl (C=O) groups is 2. The summed E-state index contributed by atoms with van der Waals surface area (Å²) in [5.41, 5.74) is 0.944. The number of benzene rings is 3. The number of hydrogen-bond acceptors (Lipinski definition) is 15. The van der Waals surface area contributed by atoms with Gasteiger partial charge in [-0.15, -0.1) is 0 Å². The molecule has 0 saturated carbocycles. The van der Waals surface area contributed by atoms with Gasteiger partial charge in [-0.05, 0) is 88.1 Å². The zero-order valence-electron chi connectivity index (χ0n) is 32.6. The molecule has 3 aromatic rings. The molecule has 326 valence electrons. The van der Waals surface area contributed by atoms with Crippen LogP contribution in [0.15, 0.2) is 77.0 Å². The lowest BCUT2D eigenvalue weighted by Crippen LogP contribution is -2.45. The van der Waals surface area contributed by atoms with Crippen LogP contribution in [0.25, 0.3) is 0 Å². The van der Waals surface area contributed by atoms with Crippen molar-refractivity contribution in [2.75, 3.05) is 57.4 Å². The van der Waals surface area contributed by atoms with Gasteiger partial charge >= 0.3 is 0 Å². The topological polar surface area (TPSA) is 286 Å². The fraction of sp³-hybridized carbons (Fsp3) is 0.444. The molecule has 59 heavy (non-hydrogen) atoms. The Labute approximate surface area is 343 Å². The van der Waals surface area contributed by atoms with Crippen LogP contribution < -0.4 is 24.8 Å². The molecule has 5 N–H and O–H groups in total. The molecule has 3 rings (SSSR count). The van der Waals surface area contributed by atoms with Crippen LogP contribution in [0.2, 0.25) is 0 Å². The smallest absolute Gasteiger partial charge is 0.264 e. The van der Waals surface area contributed by atoms with E-state index in [0.29, 0.717) is 23.4 Å². The van der Waals surface area contributed by atoms with E-state index in [9.17, 15) is 34.8 Å². The second-order valence-corrected chi connectivity index (χ2v) is 18.3. The first kappa shape index (κ1) is 48.6. The lowest BCUT2D eigenvalue weighted by atomic mass is 10.0. The van der Waals surface area contributed by atoms with Gasteiger partial charge in [0.05, 0.1) is 61.7 Å². The average molecular weight is 888 g/mol. The van der Waals surface area contributed by atoms with Crippen molar-refractivity contribution in [2.24, 2.45) is 10.2 Å². The third-order valence-corrected chi connectivity index (χ3v) is 10.2. The van der Waals surface area contributed by atoms with E-state index in [1.165, 1.54) is 17.2 Å². The number of carbonyl (C=O) groups excluding carboxylic acids is 2. The predicted molar refractivity (Wildman–Crippen MR) is 215 cm³/mol. The summed E-state index contributed by atoms with van der Waals surface area (Å²) in [6, 6.07) is 18.3. The fourth-order valence-electron chi connectivity index (χ4n) is 4.85. The van der Waals surface area contributed by atoms with Crippen LogP contribution in [0, 0.1) is 0 Å². The van der Waals surface area contributed by atoms with Crippen molar-refractivity contribution in [2.45, 2.75) is 45.1 Å². The van der Waals surface area contributed by atoms with Gasteiger partial charge in [-0.2, -0.15) is 40.5 Å². The van der Waals surface area contributed by atoms with E-state index in [1.807, 2.05) is 44.2 Å². The van der Waals surface area contributed by atoms with Crippen LogP contribution in [0.5, 0.6) is 17.2 Å². The number of rotatable bonds is 26. The molecule has 2 amide bonds. The Kier molecular flexibility index (Phi) is 18.6. The summed E-state index contributed by atoms with van der Waals surface area (Å²) in [4.78, 5) is 32.1. The second-order valence-electron chi connectivity index (χ2n) is 13.6. The van der Waals surface area contributed by atoms with Crippen molar-refractivity contribution in [3.8, 4) is 17.2 Å². The first-order chi connectivity index (χ1) is 27.6. The highest BCUT2D eigenvalue weighted by Crippen LogP contribution is 2.39. The van der Waals surface area contributed by atoms with E-state index < -0.39 is 59.1 Å². The molecule has 0 bridgehead atoms. The molecule has 0 aromatic heterocycles. The maximum Gasteiger partial charge on any atom is 0.264 e. The highest BCUT2D eigenvalue weighted by Gasteiger charge is 2.23. The Morgan fingerprint density at radius 3 is 1.63 bits per heavy atom. The van der Waals surface area contributed by atoms with E-state index in [2.05, 4.69) is 20.9 Å². The standard InChI is InChI=1S/C36H49N5O15S3/c1-36(2,38-35(43)27-12-14-30(15-13-27)40-39-29-10-5-4-6-11-29)16-20-56-41(3)26-37-34(42)28-24-31(53-17-7-21-57(44,45)46)33(55-19-9-23-59(50,51)52)32(25-28)54-18-8-22-58(47,48)49/h4-6,10-15,24-25H,7-9,16-23,26H2,1-3H3,(H,37,42)(H,38,43)(H,44,45,46)(H,47,48,49)(H,50,51,52)/b40-39+. The molecular formula is C36H49N5O15S3. The minimum absolute atomic E-state index is 0.0608. The highest BCUT2D eigenvalue weighted by molar-refractivity contribution is 7.86. The molecule has 0 saturated heterocycles. The summed E-state index contributed by atoms with van der Waals surface area (Å²) in [7, 11) is -11.4. The number of hydroxylamine groups is 2. The zero-order valence-corrected chi connectivity index (χ0v) is 35.1. The minimum Gasteiger partial charge on any atom is -0.489 e. The van der Waals surface area contributed by atoms with Gasteiger partial charge in [-0.3, -0.25) is 28.1 Å². The van der Waals surface area contributed by atoms with E-state index in [0.717, 1.165) is 0 Å². The molecule has 0 aliphatic rings. The zero-order chi connectivity index (χ0) is 43.7. The Morgan fingerprint density at radius 1 is 0.661 bits per heavy atom. The van der Waals surface area contributed by atoms with Crippen molar-refractivity contribution in [1.29, 1.82) is 0 Å². The fourth-order valence-corrected chi connectivity index (χ4v) is 6.29. The number of azo groups is 1. The Balaban J connectivity index is 1.63. The maximum atomic E-state index is 13.3. The van der Waals surface area contributed by atoms with Gasteiger partial charge in [0.2, 0.25) is 5.75 Å². The number of nitrogens with one attached hydrogen (secondary N) is 2. The van der Waals surface area contributed by atoms with Crippen molar-refractivity contribution in [1.82, 2.24) is 15.7 Å². The van der Waals surface area contributed by atoms with Gasteiger partial charge < -0.3 is 24.8 Å². The van der Waals surface area contributed by atoms with Crippen molar-refractivity contribution >= 4 is 53.5 Å². The molecule has 0 heterocycles. The molecule has 0 unspecified atom stereocenters. The normalized spacial score (nSPS) is 12.4. The number of nitrogens with zero attached hydrogens (tertiary/aromatic N) is 3. The van der Waals surface area contributed by atoms with Crippen LogP contribution in [0.3, 0.4) is 0 Å². The largest absolute Gasteiger partial charge is 0.489 e. The van der Waals surface area contributed by atoms with Crippen LogP contribution in [-0.2, 0) is 35.2 Å². The van der Waals surface area contributed by atoms with E-state index in [-0.39, 0.29) is 81.1 Å². The van der Waals surface area contributed by atoms with Crippen LogP contribution in [-0.4, -0.2) is 119 Å². The summed E-state index contributed by atoms with van der Waals surface area (Å²) in [6.45, 7) is 2.77. The first-order valence-corrected chi connectivity index (χ1v) is 22.9. The maximum absolute atomic E-state index is 13.3. The molecule has 20 nitrogen and oxygen atoms in total. The Bertz CT molecular complexity index is 2140. The molecule has 23 heteroatoms. The van der Waals surface area contributed by atoms with Gasteiger partial charge in [0.1, 0.15) is 0 Å². The summed E-state index contributed by atoms with van der Waals surface area (Å²) < 4.78 is 112. The van der Waals surface area contributed by atoms with Gasteiger partial charge in [-0.25, -0.2) is 0 Å². The molecule has 0 fully saturated rings. The van der Waals surface area contributed by atoms with Crippen molar-refractivity contribution in [3.05, 3.63) is 77.9 Å². The lowest BCUT2D eigenvalue weighted by molar-refractivity contribution is -0.146. The lowest BCUT2D eigenvalue weighted by Gasteiger charge is -2.27. The van der Waals surface area contributed by atoms with Gasteiger partial charge in [0.25, 0.3) is 42.2 Å². The highest BCUT2D eigenvalue weighted by atomic mass is 32.2. The van der Waals surface area contributed by atoms with E-state index in [1.54, 1.807) is 31.3 Å². The quantitative estimate of drug-likeness (QED) is 0.0248. The monoisotopic (exact) mass is 887 g/mol. The third kappa shape index (κ3) is 20.2. The summed E-state index contributed by atoms with van der Waals surface area (Å²) in [5.74, 6) is -3.39. The van der Waals surface area contributed by atoms with Gasteiger partial charge in [-0.1, -0.05) is 18.2 Å². The molecule has 0 aliphatic carbocycles. The van der Waals surface area contributed by atoms with Crippen LogP contribution in [0.4, 0.5) is 11.4 Å². The molecule has 3 aromatic carbocycles. The molecular weight excluding hydrogens is 839 g/mol. The first-order valence-electron chi connectivity index (χ1n) is 18.0. The number of amides is 2. The number of hydrogen-bond donors (Lipinski definition) is 5. The van der Waals surface area contributed by atoms with Crippen molar-refractivity contribution in [3.63, 3.8) is 0 Å². The molecule has 0 atom stereocenters. The van der Waals surface area contributed by atoms with E-state index in [4.69, 9.17) is 32.7 Å². The minimum atomic E-state index is -4.33. The summed E-state index contributed by atoms with van der Waals surface area (Å²) in [5, 5.41) is 15.3. The molecule has 0 aliphatic heterocycles. The SMILES string of the molecule is CN(CNC(=O)c1cc(OCCCS(=O)(=O)O)c(OCCCS(=O)(=O)O)c(OCCCS(=O)(=O)O)c1)OCCC(C)(C)NC(=O)c1ccc(/N=N/c2ccccc2)cc1.